The normalized spacial score (nSPS) is 12.3. The second-order valence-electron chi connectivity index (χ2n) is 4.31. The van der Waals surface area contributed by atoms with Crippen molar-refractivity contribution in [3.05, 3.63) is 41.6 Å². The molecule has 0 fully saturated rings. The number of nitrogens with zero attached hydrogens (tertiary/aromatic N) is 1. The third-order valence-corrected chi connectivity index (χ3v) is 3.15. The first-order valence-corrected chi connectivity index (χ1v) is 6.20. The van der Waals surface area contributed by atoms with Crippen LogP contribution in [0.2, 0.25) is 0 Å². The Labute approximate surface area is 117 Å². The number of carbonyl (C=O) groups excluding carboxylic acids is 1. The van der Waals surface area contributed by atoms with Crippen LogP contribution in [0.4, 0.5) is 0 Å². The van der Waals surface area contributed by atoms with Gasteiger partial charge in [-0.05, 0) is 23.8 Å². The Morgan fingerprint density at radius 1 is 1.25 bits per heavy atom. The summed E-state index contributed by atoms with van der Waals surface area (Å²) < 4.78 is 15.3. The molecular formula is C15H17NO4. The molecule has 0 N–H and O–H groups in total. The third kappa shape index (κ3) is 2.79. The maximum atomic E-state index is 11.8. The number of fused-ring (bicyclic) bond motifs is 1. The van der Waals surface area contributed by atoms with Crippen LogP contribution in [0, 0.1) is 0 Å². The quantitative estimate of drug-likeness (QED) is 0.784. The molecule has 5 heteroatoms. The van der Waals surface area contributed by atoms with E-state index in [0.29, 0.717) is 12.2 Å². The van der Waals surface area contributed by atoms with E-state index in [9.17, 15) is 4.79 Å². The summed E-state index contributed by atoms with van der Waals surface area (Å²) in [5, 5.41) is 0.745. The number of esters is 1. The number of carbonyl (C=O) groups is 1. The molecule has 0 spiro atoms. The molecule has 0 bridgehead atoms. The van der Waals surface area contributed by atoms with Gasteiger partial charge in [-0.3, -0.25) is 4.98 Å². The van der Waals surface area contributed by atoms with Crippen LogP contribution in [0.5, 0.6) is 0 Å². The number of ether oxygens (including phenoxy) is 3. The summed E-state index contributed by atoms with van der Waals surface area (Å²) in [5.41, 5.74) is 2.16. The van der Waals surface area contributed by atoms with E-state index in [4.69, 9.17) is 14.2 Å². The van der Waals surface area contributed by atoms with E-state index >= 15 is 0 Å². The van der Waals surface area contributed by atoms with Gasteiger partial charge in [0.05, 0.1) is 24.8 Å². The van der Waals surface area contributed by atoms with E-state index in [-0.39, 0.29) is 12.1 Å². The van der Waals surface area contributed by atoms with Crippen LogP contribution >= 0.6 is 0 Å². The van der Waals surface area contributed by atoms with Gasteiger partial charge in [-0.1, -0.05) is 6.07 Å². The van der Waals surface area contributed by atoms with Crippen molar-refractivity contribution in [3.8, 4) is 0 Å². The second-order valence-corrected chi connectivity index (χ2v) is 4.31. The van der Waals surface area contributed by atoms with Crippen molar-refractivity contribution in [3.63, 3.8) is 0 Å². The van der Waals surface area contributed by atoms with Crippen LogP contribution in [0.3, 0.4) is 0 Å². The molecule has 0 aliphatic heterocycles. The van der Waals surface area contributed by atoms with Gasteiger partial charge in [0.1, 0.15) is 6.10 Å². The van der Waals surface area contributed by atoms with E-state index in [2.05, 4.69) is 4.98 Å². The number of benzene rings is 1. The van der Waals surface area contributed by atoms with E-state index in [1.807, 2.05) is 18.2 Å². The van der Waals surface area contributed by atoms with Gasteiger partial charge in [-0.15, -0.1) is 0 Å². The van der Waals surface area contributed by atoms with Gasteiger partial charge in [-0.25, -0.2) is 4.79 Å². The monoisotopic (exact) mass is 275 g/mol. The van der Waals surface area contributed by atoms with Crippen molar-refractivity contribution in [1.29, 1.82) is 0 Å². The highest BCUT2D eigenvalue weighted by molar-refractivity contribution is 6.03. The molecule has 0 aliphatic carbocycles. The van der Waals surface area contributed by atoms with Crippen molar-refractivity contribution in [2.75, 3.05) is 27.9 Å². The second kappa shape index (κ2) is 6.45. The predicted octanol–water partition coefficient (Wildman–Crippen LogP) is 2.36. The van der Waals surface area contributed by atoms with Gasteiger partial charge in [-0.2, -0.15) is 0 Å². The number of aromatic nitrogens is 1. The van der Waals surface area contributed by atoms with Gasteiger partial charge in [0.15, 0.2) is 0 Å². The largest absolute Gasteiger partial charge is 0.465 e. The fourth-order valence-corrected chi connectivity index (χ4v) is 2.10. The molecule has 0 aliphatic rings. The van der Waals surface area contributed by atoms with Gasteiger partial charge < -0.3 is 14.2 Å². The van der Waals surface area contributed by atoms with Gasteiger partial charge in [0, 0.05) is 25.8 Å². The van der Waals surface area contributed by atoms with Crippen LogP contribution in [-0.2, 0) is 14.2 Å². The van der Waals surface area contributed by atoms with Gasteiger partial charge >= 0.3 is 5.97 Å². The maximum absolute atomic E-state index is 11.8. The number of pyridine rings is 1. The Kier molecular flexibility index (Phi) is 4.65. The molecule has 2 rings (SSSR count). The molecule has 2 aromatic rings. The minimum atomic E-state index is -0.379. The molecule has 1 unspecified atom stereocenters. The summed E-state index contributed by atoms with van der Waals surface area (Å²) in [4.78, 5) is 16.0. The Bertz CT molecular complexity index is 612. The van der Waals surface area contributed by atoms with E-state index < -0.39 is 0 Å². The Balaban J connectivity index is 2.53. The summed E-state index contributed by atoms with van der Waals surface area (Å²) in [6, 6.07) is 7.32. The summed E-state index contributed by atoms with van der Waals surface area (Å²) >= 11 is 0. The minimum Gasteiger partial charge on any atom is -0.465 e. The third-order valence-electron chi connectivity index (χ3n) is 3.15. The molecule has 20 heavy (non-hydrogen) atoms. The minimum absolute atomic E-state index is 0.185. The molecule has 106 valence electrons. The van der Waals surface area contributed by atoms with E-state index in [1.165, 1.54) is 7.11 Å². The summed E-state index contributed by atoms with van der Waals surface area (Å²) in [5.74, 6) is -0.379. The van der Waals surface area contributed by atoms with Crippen LogP contribution in [0.25, 0.3) is 10.9 Å². The van der Waals surface area contributed by atoms with Crippen molar-refractivity contribution in [2.24, 2.45) is 0 Å². The molecule has 1 atom stereocenters. The highest BCUT2D eigenvalue weighted by atomic mass is 16.5. The Morgan fingerprint density at radius 3 is 2.70 bits per heavy atom. The average molecular weight is 275 g/mol. The van der Waals surface area contributed by atoms with Crippen molar-refractivity contribution < 1.29 is 19.0 Å². The van der Waals surface area contributed by atoms with Crippen LogP contribution in [-0.4, -0.2) is 38.9 Å². The zero-order valence-electron chi connectivity index (χ0n) is 11.8. The zero-order chi connectivity index (χ0) is 14.5. The van der Waals surface area contributed by atoms with Crippen molar-refractivity contribution >= 4 is 16.9 Å². The van der Waals surface area contributed by atoms with Crippen molar-refractivity contribution in [2.45, 2.75) is 6.10 Å². The number of hydrogen-bond donors (Lipinski definition) is 0. The zero-order valence-corrected chi connectivity index (χ0v) is 11.8. The first-order chi connectivity index (χ1) is 9.71. The fraction of sp³-hybridized carbons (Fsp3) is 0.333. The number of hydrogen-bond acceptors (Lipinski definition) is 5. The molecule has 0 amide bonds. The maximum Gasteiger partial charge on any atom is 0.338 e. The Morgan fingerprint density at radius 2 is 2.05 bits per heavy atom. The number of methoxy groups -OCH3 is 3. The lowest BCUT2D eigenvalue weighted by Gasteiger charge is -2.15. The summed E-state index contributed by atoms with van der Waals surface area (Å²) in [6.45, 7) is 0.440. The lowest BCUT2D eigenvalue weighted by molar-refractivity contribution is 0.0275. The molecule has 5 nitrogen and oxygen atoms in total. The van der Waals surface area contributed by atoms with Gasteiger partial charge in [0.2, 0.25) is 0 Å². The highest BCUT2D eigenvalue weighted by Gasteiger charge is 2.15. The van der Waals surface area contributed by atoms with Crippen molar-refractivity contribution in [1.82, 2.24) is 4.98 Å². The summed E-state index contributed by atoms with van der Waals surface area (Å²) in [7, 11) is 4.61. The molecule has 1 heterocycles. The topological polar surface area (TPSA) is 57.7 Å². The molecule has 0 radical (unpaired) electrons. The molecule has 0 saturated heterocycles. The lowest BCUT2D eigenvalue weighted by Crippen LogP contribution is -2.09. The highest BCUT2D eigenvalue weighted by Crippen LogP contribution is 2.24. The van der Waals surface area contributed by atoms with E-state index in [1.54, 1.807) is 26.5 Å². The average Bonchev–Trinajstić information content (AvgIpc) is 2.50. The van der Waals surface area contributed by atoms with Crippen LogP contribution in [0.15, 0.2) is 30.5 Å². The molecule has 1 aromatic carbocycles. The number of rotatable bonds is 5. The molecule has 1 aromatic heterocycles. The van der Waals surface area contributed by atoms with Crippen LogP contribution in [0.1, 0.15) is 22.0 Å². The first-order valence-electron chi connectivity index (χ1n) is 6.20. The molecular weight excluding hydrogens is 258 g/mol. The van der Waals surface area contributed by atoms with E-state index in [0.717, 1.165) is 16.5 Å². The predicted molar refractivity (Wildman–Crippen MR) is 74.7 cm³/mol. The van der Waals surface area contributed by atoms with Gasteiger partial charge in [0.25, 0.3) is 0 Å². The first kappa shape index (κ1) is 14.4. The standard InChI is InChI=1S/C15H17NO4/c1-18-9-14(19-2)10-4-5-13-12(8-10)11(6-7-16-13)15(17)20-3/h4-8,14H,9H2,1-3H3. The fourth-order valence-electron chi connectivity index (χ4n) is 2.10. The summed E-state index contributed by atoms with van der Waals surface area (Å²) in [6.07, 6.45) is 1.41. The van der Waals surface area contributed by atoms with Crippen LogP contribution < -0.4 is 0 Å². The SMILES string of the molecule is COCC(OC)c1ccc2nccc(C(=O)OC)c2c1. The smallest absolute Gasteiger partial charge is 0.338 e. The lowest BCUT2D eigenvalue weighted by atomic mass is 10.0. The molecule has 0 saturated carbocycles. The Hall–Kier alpha value is -1.98.